The SMILES string of the molecule is COc1ccc(Cl)cc1NC(=O)CCN1C(=O)c2ccccc2S1(=O)=O. The zero-order valence-corrected chi connectivity index (χ0v) is 15.3. The quantitative estimate of drug-likeness (QED) is 0.841. The molecule has 0 fully saturated rings. The molecule has 0 bridgehead atoms. The Balaban J connectivity index is 1.71. The zero-order chi connectivity index (χ0) is 18.9. The van der Waals surface area contributed by atoms with Gasteiger partial charge in [-0.1, -0.05) is 23.7 Å². The molecule has 2 amide bonds. The van der Waals surface area contributed by atoms with Gasteiger partial charge in [-0.05, 0) is 30.3 Å². The highest BCUT2D eigenvalue weighted by molar-refractivity contribution is 7.90. The van der Waals surface area contributed by atoms with Gasteiger partial charge >= 0.3 is 0 Å². The van der Waals surface area contributed by atoms with Crippen LogP contribution in [-0.4, -0.2) is 38.2 Å². The van der Waals surface area contributed by atoms with Crippen molar-refractivity contribution >= 4 is 39.1 Å². The van der Waals surface area contributed by atoms with Crippen LogP contribution in [-0.2, 0) is 14.8 Å². The second-order valence-corrected chi connectivity index (χ2v) is 7.79. The van der Waals surface area contributed by atoms with Crippen LogP contribution in [0.5, 0.6) is 5.75 Å². The summed E-state index contributed by atoms with van der Waals surface area (Å²) in [4.78, 5) is 24.5. The van der Waals surface area contributed by atoms with Gasteiger partial charge in [0.05, 0.1) is 18.4 Å². The van der Waals surface area contributed by atoms with Crippen LogP contribution in [0.1, 0.15) is 16.8 Å². The number of hydrogen-bond donors (Lipinski definition) is 1. The third-order valence-electron chi connectivity index (χ3n) is 3.89. The number of carbonyl (C=O) groups is 2. The first-order valence-corrected chi connectivity index (χ1v) is 9.46. The minimum atomic E-state index is -3.93. The van der Waals surface area contributed by atoms with E-state index >= 15 is 0 Å². The standard InChI is InChI=1S/C17H15ClN2O5S/c1-25-14-7-6-11(18)10-13(14)19-16(21)8-9-20-17(22)12-4-2-3-5-15(12)26(20,23)24/h2-7,10H,8-9H2,1H3,(H,19,21). The van der Waals surface area contributed by atoms with Crippen molar-refractivity contribution in [2.45, 2.75) is 11.3 Å². The summed E-state index contributed by atoms with van der Waals surface area (Å²) in [6, 6.07) is 10.7. The van der Waals surface area contributed by atoms with Crippen molar-refractivity contribution in [3.8, 4) is 5.75 Å². The van der Waals surface area contributed by atoms with Crippen molar-refractivity contribution in [3.63, 3.8) is 0 Å². The van der Waals surface area contributed by atoms with Gasteiger partial charge in [-0.2, -0.15) is 0 Å². The van der Waals surface area contributed by atoms with E-state index in [0.717, 1.165) is 0 Å². The Morgan fingerprint density at radius 1 is 1.23 bits per heavy atom. The van der Waals surface area contributed by atoms with Gasteiger partial charge in [0.25, 0.3) is 15.9 Å². The van der Waals surface area contributed by atoms with Crippen molar-refractivity contribution in [2.75, 3.05) is 19.0 Å². The van der Waals surface area contributed by atoms with Crippen LogP contribution >= 0.6 is 11.6 Å². The van der Waals surface area contributed by atoms with Crippen molar-refractivity contribution in [2.24, 2.45) is 0 Å². The van der Waals surface area contributed by atoms with E-state index in [-0.39, 0.29) is 23.4 Å². The maximum Gasteiger partial charge on any atom is 0.269 e. The van der Waals surface area contributed by atoms with Gasteiger partial charge in [0, 0.05) is 18.0 Å². The number of fused-ring (bicyclic) bond motifs is 1. The summed E-state index contributed by atoms with van der Waals surface area (Å²) in [5.41, 5.74) is 0.480. The summed E-state index contributed by atoms with van der Waals surface area (Å²) in [5.74, 6) is -0.682. The summed E-state index contributed by atoms with van der Waals surface area (Å²) < 4.78 is 30.7. The molecule has 1 aliphatic heterocycles. The lowest BCUT2D eigenvalue weighted by Crippen LogP contribution is -2.33. The van der Waals surface area contributed by atoms with Gasteiger partial charge in [-0.25, -0.2) is 12.7 Å². The molecule has 0 saturated carbocycles. The molecule has 0 aliphatic carbocycles. The van der Waals surface area contributed by atoms with Gasteiger partial charge in [0.15, 0.2) is 0 Å². The molecule has 0 unspecified atom stereocenters. The Bertz CT molecular complexity index is 990. The number of nitrogens with one attached hydrogen (secondary N) is 1. The van der Waals surface area contributed by atoms with Crippen molar-refractivity contribution in [3.05, 3.63) is 53.1 Å². The maximum absolute atomic E-state index is 12.4. The molecule has 1 heterocycles. The predicted octanol–water partition coefficient (Wildman–Crippen LogP) is 2.52. The van der Waals surface area contributed by atoms with Gasteiger partial charge in [-0.3, -0.25) is 9.59 Å². The molecule has 1 N–H and O–H groups in total. The third kappa shape index (κ3) is 3.25. The molecule has 2 aromatic rings. The molecular weight excluding hydrogens is 380 g/mol. The zero-order valence-electron chi connectivity index (χ0n) is 13.7. The van der Waals surface area contributed by atoms with E-state index in [0.29, 0.717) is 20.8 Å². The second-order valence-electron chi connectivity index (χ2n) is 5.52. The number of nitrogens with zero attached hydrogens (tertiary/aromatic N) is 1. The van der Waals surface area contributed by atoms with Crippen LogP contribution in [0.2, 0.25) is 5.02 Å². The summed E-state index contributed by atoms with van der Waals surface area (Å²) in [6.07, 6.45) is -0.200. The van der Waals surface area contributed by atoms with Crippen LogP contribution in [0.25, 0.3) is 0 Å². The van der Waals surface area contributed by atoms with Crippen molar-refractivity contribution in [1.82, 2.24) is 4.31 Å². The van der Waals surface area contributed by atoms with Crippen LogP contribution in [0.3, 0.4) is 0 Å². The summed E-state index contributed by atoms with van der Waals surface area (Å²) in [6.45, 7) is -0.259. The van der Waals surface area contributed by atoms with Crippen molar-refractivity contribution < 1.29 is 22.7 Å². The number of benzene rings is 2. The Morgan fingerprint density at radius 3 is 2.65 bits per heavy atom. The molecule has 0 saturated heterocycles. The lowest BCUT2D eigenvalue weighted by molar-refractivity contribution is -0.116. The first-order chi connectivity index (χ1) is 12.3. The number of ether oxygens (including phenoxy) is 1. The topological polar surface area (TPSA) is 92.8 Å². The average Bonchev–Trinajstić information content (AvgIpc) is 2.80. The fraction of sp³-hybridized carbons (Fsp3) is 0.176. The number of rotatable bonds is 5. The molecular formula is C17H15ClN2O5S. The van der Waals surface area contributed by atoms with Crippen LogP contribution in [0, 0.1) is 0 Å². The fourth-order valence-electron chi connectivity index (χ4n) is 2.65. The predicted molar refractivity (Wildman–Crippen MR) is 95.9 cm³/mol. The third-order valence-corrected chi connectivity index (χ3v) is 5.97. The Hall–Kier alpha value is -2.58. The average molecular weight is 395 g/mol. The molecule has 1 aliphatic rings. The van der Waals surface area contributed by atoms with E-state index in [1.165, 1.54) is 25.3 Å². The van der Waals surface area contributed by atoms with Gasteiger partial charge < -0.3 is 10.1 Å². The summed E-state index contributed by atoms with van der Waals surface area (Å²) >= 11 is 5.91. The van der Waals surface area contributed by atoms with Gasteiger partial charge in [0.2, 0.25) is 5.91 Å². The highest BCUT2D eigenvalue weighted by atomic mass is 35.5. The molecule has 136 valence electrons. The first kappa shape index (κ1) is 18.2. The van der Waals surface area contributed by atoms with E-state index in [1.54, 1.807) is 24.3 Å². The molecule has 0 radical (unpaired) electrons. The largest absolute Gasteiger partial charge is 0.495 e. The van der Waals surface area contributed by atoms with Crippen LogP contribution in [0.4, 0.5) is 5.69 Å². The summed E-state index contributed by atoms with van der Waals surface area (Å²) in [5, 5.41) is 3.02. The Morgan fingerprint density at radius 2 is 1.96 bits per heavy atom. The molecule has 26 heavy (non-hydrogen) atoms. The van der Waals surface area contributed by atoms with Crippen LogP contribution in [0.15, 0.2) is 47.4 Å². The molecule has 0 atom stereocenters. The van der Waals surface area contributed by atoms with E-state index < -0.39 is 21.8 Å². The minimum absolute atomic E-state index is 0.0399. The fourth-order valence-corrected chi connectivity index (χ4v) is 4.39. The maximum atomic E-state index is 12.4. The van der Waals surface area contributed by atoms with E-state index in [2.05, 4.69) is 5.32 Å². The number of methoxy groups -OCH3 is 1. The highest BCUT2D eigenvalue weighted by Gasteiger charge is 2.40. The van der Waals surface area contributed by atoms with E-state index in [1.807, 2.05) is 0 Å². The number of hydrogen-bond acceptors (Lipinski definition) is 5. The monoisotopic (exact) mass is 394 g/mol. The molecule has 9 heteroatoms. The molecule has 3 rings (SSSR count). The molecule has 7 nitrogen and oxygen atoms in total. The first-order valence-electron chi connectivity index (χ1n) is 7.64. The number of anilines is 1. The van der Waals surface area contributed by atoms with Gasteiger partial charge in [0.1, 0.15) is 10.6 Å². The molecule has 2 aromatic carbocycles. The lowest BCUT2D eigenvalue weighted by Gasteiger charge is -2.15. The lowest BCUT2D eigenvalue weighted by atomic mass is 10.2. The Labute approximate surface area is 155 Å². The van der Waals surface area contributed by atoms with Crippen LogP contribution < -0.4 is 10.1 Å². The van der Waals surface area contributed by atoms with Crippen molar-refractivity contribution in [1.29, 1.82) is 0 Å². The smallest absolute Gasteiger partial charge is 0.269 e. The summed E-state index contributed by atoms with van der Waals surface area (Å²) in [7, 11) is -2.48. The van der Waals surface area contributed by atoms with E-state index in [4.69, 9.17) is 16.3 Å². The second kappa shape index (κ2) is 6.97. The Kier molecular flexibility index (Phi) is 4.88. The number of halogens is 1. The highest BCUT2D eigenvalue weighted by Crippen LogP contribution is 2.30. The number of carbonyl (C=O) groups excluding carboxylic acids is 2. The number of sulfonamides is 1. The molecule has 0 aromatic heterocycles. The number of amides is 2. The van der Waals surface area contributed by atoms with Gasteiger partial charge in [-0.15, -0.1) is 0 Å². The van der Waals surface area contributed by atoms with E-state index in [9.17, 15) is 18.0 Å². The minimum Gasteiger partial charge on any atom is -0.495 e. The molecule has 0 spiro atoms. The normalized spacial score (nSPS) is 14.8.